The van der Waals surface area contributed by atoms with Crippen LogP contribution in [0.1, 0.15) is 13.9 Å². The third kappa shape index (κ3) is 18.7. The minimum atomic E-state index is -2.56. The molecule has 0 fully saturated rings. The van der Waals surface area contributed by atoms with Crippen molar-refractivity contribution in [1.29, 1.82) is 0 Å². The zero-order valence-electron chi connectivity index (χ0n) is 36.9. The normalized spacial score (nSPS) is 10.5. The monoisotopic (exact) mass is 1120 g/mol. The smallest absolute Gasteiger partial charge is 1.00 e. The summed E-state index contributed by atoms with van der Waals surface area (Å²) in [6, 6.07) is 11.5. The molecule has 15 nitrogen and oxygen atoms in total. The second-order valence-corrected chi connectivity index (χ2v) is 21.8. The van der Waals surface area contributed by atoms with E-state index < -0.39 is 21.4 Å². The van der Waals surface area contributed by atoms with Crippen molar-refractivity contribution in [2.45, 2.75) is 13.8 Å². The van der Waals surface area contributed by atoms with E-state index in [-0.39, 0.29) is 121 Å². The van der Waals surface area contributed by atoms with Crippen molar-refractivity contribution in [2.75, 3.05) is 44.9 Å². The van der Waals surface area contributed by atoms with Crippen LogP contribution in [-0.2, 0) is 32.9 Å². The Morgan fingerprint density at radius 3 is 1.66 bits per heavy atom. The summed E-state index contributed by atoms with van der Waals surface area (Å²) in [5, 5.41) is 22.2. The first-order valence-corrected chi connectivity index (χ1v) is 24.4. The third-order valence-electron chi connectivity index (χ3n) is 7.66. The number of nitrogens with two attached hydrogens (primary N) is 1. The van der Waals surface area contributed by atoms with Gasteiger partial charge in [-0.3, -0.25) is 18.5 Å². The van der Waals surface area contributed by atoms with Crippen molar-refractivity contribution in [3.63, 3.8) is 0 Å². The molecule has 4 aromatic heterocycles. The second kappa shape index (κ2) is 28.6. The van der Waals surface area contributed by atoms with Gasteiger partial charge in [0.1, 0.15) is 25.3 Å². The molecule has 0 saturated carbocycles. The molecule has 0 amide bonds. The zero-order chi connectivity index (χ0) is 45.5. The van der Waals surface area contributed by atoms with Gasteiger partial charge in [0, 0.05) is 53.9 Å². The Labute approximate surface area is 473 Å². The number of anilines is 3. The van der Waals surface area contributed by atoms with Crippen LogP contribution in [0.5, 0.6) is 0 Å². The van der Waals surface area contributed by atoms with Gasteiger partial charge in [-0.1, -0.05) is 23.7 Å². The summed E-state index contributed by atoms with van der Waals surface area (Å²) in [4.78, 5) is 26.7. The Balaban J connectivity index is 0. The van der Waals surface area contributed by atoms with Gasteiger partial charge in [0.05, 0.1) is 46.9 Å². The van der Waals surface area contributed by atoms with Crippen LogP contribution in [0.4, 0.5) is 21.6 Å². The van der Waals surface area contributed by atoms with Gasteiger partial charge in [-0.15, -0.1) is 0 Å². The number of aryl methyl sites for hydroxylation is 4. The fourth-order valence-corrected chi connectivity index (χ4v) is 8.43. The summed E-state index contributed by atoms with van der Waals surface area (Å²) in [5.41, 5.74) is 13.4. The molecule has 2 aromatic carbocycles. The van der Waals surface area contributed by atoms with E-state index in [4.69, 9.17) is 52.0 Å². The quantitative estimate of drug-likeness (QED) is 0.0345. The van der Waals surface area contributed by atoms with Crippen molar-refractivity contribution in [3.05, 3.63) is 97.0 Å². The van der Waals surface area contributed by atoms with Gasteiger partial charge in [0.2, 0.25) is 10.6 Å². The summed E-state index contributed by atoms with van der Waals surface area (Å²) >= 11 is 23.3. The van der Waals surface area contributed by atoms with Crippen molar-refractivity contribution < 1.29 is 134 Å². The Morgan fingerprint density at radius 1 is 0.836 bits per heavy atom. The van der Waals surface area contributed by atoms with Crippen LogP contribution in [-0.4, -0.2) is 79.8 Å². The average Bonchev–Trinajstić information content (AvgIpc) is 3.69. The molecule has 6 rings (SSSR count). The van der Waals surface area contributed by atoms with E-state index in [2.05, 4.69) is 72.2 Å². The fourth-order valence-electron chi connectivity index (χ4n) is 5.20. The number of benzene rings is 2. The number of hydrogen-bond donors (Lipinski definition) is 2. The predicted molar refractivity (Wildman–Crippen MR) is 242 cm³/mol. The van der Waals surface area contributed by atoms with Crippen molar-refractivity contribution in [2.24, 2.45) is 14.1 Å². The molecule has 25 heteroatoms. The number of aromatic nitrogens is 8. The van der Waals surface area contributed by atoms with Crippen LogP contribution in [0.2, 0.25) is 15.7 Å². The van der Waals surface area contributed by atoms with E-state index in [0.717, 1.165) is 49.9 Å². The van der Waals surface area contributed by atoms with Crippen molar-refractivity contribution >= 4 is 115 Å². The van der Waals surface area contributed by atoms with Gasteiger partial charge < -0.3 is 31.8 Å². The number of nitrogen functional groups attached to an aromatic ring is 1. The minimum Gasteiger partial charge on any atom is -1.00 e. The summed E-state index contributed by atoms with van der Waals surface area (Å²) < 4.78 is 45.6. The minimum absolute atomic E-state index is 0. The first-order valence-electron chi connectivity index (χ1n) is 17.2. The molecule has 0 aliphatic heterocycles. The number of nitrogens with one attached hydrogen (secondary N) is 1. The number of alkyl halides is 1. The number of hydrogen-bond acceptors (Lipinski definition) is 13. The van der Waals surface area contributed by atoms with Crippen LogP contribution in [0.3, 0.4) is 0 Å². The standard InChI is InChI=1S/C17H18BrClN5OP.C13H18N3OP.C4HBrCl2N2.CH3F.CH2O3.2K.H/c1-10-8-21-24(2)15(10)11-5-6-13(14(7-11)26(3,4)25)22-16-12(18)9-20-17(19)23-16;1-9-8-15-16(2)13(9)10-5-6-11(14)12(7-10)18(3,4)17;5-2-1-8-4(7)9-3(2)6;1-2;2-1-4-3;;;/h5-9H,1-4H3,(H,20,22,23);5-8H,14H2,1-4H3;1H;1H3;1,3H;;;/q;;;;;2*+1;-1/p-1/i;;;1D;;;;. The van der Waals surface area contributed by atoms with Gasteiger partial charge >= 0.3 is 103 Å². The molecule has 0 bridgehead atoms. The van der Waals surface area contributed by atoms with Crippen molar-refractivity contribution in [3.8, 4) is 22.5 Å². The summed E-state index contributed by atoms with van der Waals surface area (Å²) in [6.45, 7) is 10.8. The molecule has 0 radical (unpaired) electrons. The SMILES string of the molecule is Cc1cnn(C)c1-c1ccc(N)c(P(C)(C)=O)c1.Cc1cnn(C)c1-c1ccc(Nc2nc(Cl)ncc2Br)c(P(C)(C)=O)c1.Clc1ncc(Br)c(Cl)n1.O=CO[O-].[2H]CF.[H-].[K+].[K+]. The summed E-state index contributed by atoms with van der Waals surface area (Å²) in [7, 11) is -2.14. The van der Waals surface area contributed by atoms with Crippen molar-refractivity contribution in [1.82, 2.24) is 39.5 Å². The van der Waals surface area contributed by atoms with Gasteiger partial charge in [-0.05, 0) is 131 Å². The molecular formula is C36H42Br2Cl3FK2N10O5P2. The van der Waals surface area contributed by atoms with E-state index >= 15 is 0 Å². The molecule has 0 spiro atoms. The predicted octanol–water partition coefficient (Wildman–Crippen LogP) is 2.51. The van der Waals surface area contributed by atoms with Crippen LogP contribution < -0.4 is 130 Å². The average molecular weight is 1120 g/mol. The maximum absolute atomic E-state index is 12.9. The molecule has 0 unspecified atom stereocenters. The van der Waals surface area contributed by atoms with E-state index in [1.165, 1.54) is 6.20 Å². The van der Waals surface area contributed by atoms with E-state index in [9.17, 15) is 13.5 Å². The van der Waals surface area contributed by atoms with Crippen LogP contribution in [0, 0.1) is 13.8 Å². The Morgan fingerprint density at radius 2 is 1.26 bits per heavy atom. The van der Waals surface area contributed by atoms with E-state index in [1.54, 1.807) is 32.9 Å². The van der Waals surface area contributed by atoms with E-state index in [1.807, 2.05) is 86.1 Å². The van der Waals surface area contributed by atoms with Gasteiger partial charge in [0.15, 0.2) is 0 Å². The maximum atomic E-state index is 12.9. The first-order chi connectivity index (χ1) is 28.0. The molecule has 0 aliphatic rings. The molecule has 320 valence electrons. The molecule has 0 saturated heterocycles. The number of carbonyl (C=O) groups excluding carboxylic acids is 1. The largest absolute Gasteiger partial charge is 1.00 e. The number of carbonyl (C=O) groups is 1. The molecular weight excluding hydrogens is 1080 g/mol. The second-order valence-electron chi connectivity index (χ2n) is 12.7. The van der Waals surface area contributed by atoms with Crippen LogP contribution in [0.15, 0.2) is 70.1 Å². The zero-order valence-corrected chi connectivity index (χ0v) is 48.4. The van der Waals surface area contributed by atoms with Crippen LogP contribution in [0.25, 0.3) is 22.5 Å². The first kappa shape index (κ1) is 58.6. The fraction of sp³-hybridized carbons (Fsp3) is 0.250. The molecule has 6 aromatic rings. The number of halogens is 6. The number of rotatable bonds is 7. The molecule has 0 aliphatic carbocycles. The molecule has 0 atom stereocenters. The maximum Gasteiger partial charge on any atom is 1.00 e. The summed E-state index contributed by atoms with van der Waals surface area (Å²) in [6.07, 6.45) is 6.71. The van der Waals surface area contributed by atoms with Gasteiger partial charge in [-0.25, -0.2) is 15.0 Å². The van der Waals surface area contributed by atoms with Gasteiger partial charge in [0.25, 0.3) is 6.47 Å². The molecule has 61 heavy (non-hydrogen) atoms. The Hall–Kier alpha value is -0.457. The summed E-state index contributed by atoms with van der Waals surface area (Å²) in [5.74, 6) is 0.518. The van der Waals surface area contributed by atoms with E-state index in [0.29, 0.717) is 25.6 Å². The third-order valence-corrected chi connectivity index (χ3v) is 12.8. The molecule has 3 N–H and O–H groups in total. The molecule has 4 heterocycles. The topological polar surface area (TPSA) is 209 Å². The Bertz CT molecular complexity index is 2470. The number of nitrogens with zero attached hydrogens (tertiary/aromatic N) is 8. The Kier molecular flexibility index (Phi) is 27.4. The van der Waals surface area contributed by atoms with Crippen LogP contribution >= 0.6 is 80.9 Å². The van der Waals surface area contributed by atoms with Gasteiger partial charge in [-0.2, -0.15) is 15.2 Å².